The second kappa shape index (κ2) is 7.63. The van der Waals surface area contributed by atoms with Gasteiger partial charge in [-0.3, -0.25) is 4.79 Å². The van der Waals surface area contributed by atoms with Gasteiger partial charge >= 0.3 is 0 Å². The molecule has 4 rings (SSSR count). The highest BCUT2D eigenvalue weighted by Crippen LogP contribution is 2.41. The van der Waals surface area contributed by atoms with Crippen molar-refractivity contribution in [2.75, 3.05) is 13.9 Å². The molecule has 8 heteroatoms. The zero-order chi connectivity index (χ0) is 19.7. The van der Waals surface area contributed by atoms with Gasteiger partial charge in [0.1, 0.15) is 11.6 Å². The van der Waals surface area contributed by atoms with Crippen LogP contribution in [0.15, 0.2) is 30.3 Å². The standard InChI is InChI=1S/C20H20F2N2O4/c1-26-16-6-11(7-17-20(16)28-10-27-17)9-23-15-4-5-18(25)24-19(15)13-3-2-12(21)8-14(13)22/h2-3,6-8,15,19,23H,4-5,9-10H2,1H3,(H,24,25)/t15-,19+/m1/s1. The zero-order valence-corrected chi connectivity index (χ0v) is 15.3. The summed E-state index contributed by atoms with van der Waals surface area (Å²) in [4.78, 5) is 11.9. The summed E-state index contributed by atoms with van der Waals surface area (Å²) in [6.45, 7) is 0.593. The number of ether oxygens (including phenoxy) is 3. The second-order valence-electron chi connectivity index (χ2n) is 6.77. The summed E-state index contributed by atoms with van der Waals surface area (Å²) in [5.74, 6) is 0.266. The number of carbonyl (C=O) groups excluding carboxylic acids is 1. The Labute approximate surface area is 160 Å². The van der Waals surface area contributed by atoms with Crippen molar-refractivity contribution in [2.24, 2.45) is 0 Å². The topological polar surface area (TPSA) is 68.8 Å². The molecule has 1 amide bonds. The summed E-state index contributed by atoms with van der Waals surface area (Å²) >= 11 is 0. The lowest BCUT2D eigenvalue weighted by atomic mass is 9.91. The fraction of sp³-hybridized carbons (Fsp3) is 0.350. The van der Waals surface area contributed by atoms with Crippen LogP contribution in [0.2, 0.25) is 0 Å². The molecule has 28 heavy (non-hydrogen) atoms. The number of fused-ring (bicyclic) bond motifs is 1. The average Bonchev–Trinajstić information content (AvgIpc) is 3.15. The molecule has 0 spiro atoms. The van der Waals surface area contributed by atoms with Gasteiger partial charge in [-0.05, 0) is 30.2 Å². The summed E-state index contributed by atoms with van der Waals surface area (Å²) < 4.78 is 43.7. The lowest BCUT2D eigenvalue weighted by Crippen LogP contribution is -2.48. The van der Waals surface area contributed by atoms with Crippen molar-refractivity contribution in [2.45, 2.75) is 31.5 Å². The number of hydrogen-bond acceptors (Lipinski definition) is 5. The first-order chi connectivity index (χ1) is 13.5. The number of halogens is 2. The molecule has 2 aromatic rings. The second-order valence-corrected chi connectivity index (χ2v) is 6.77. The third-order valence-electron chi connectivity index (χ3n) is 4.99. The van der Waals surface area contributed by atoms with Crippen LogP contribution in [0, 0.1) is 11.6 Å². The van der Waals surface area contributed by atoms with Crippen molar-refractivity contribution in [3.05, 3.63) is 53.1 Å². The Morgan fingerprint density at radius 3 is 2.89 bits per heavy atom. The summed E-state index contributed by atoms with van der Waals surface area (Å²) in [5, 5.41) is 6.17. The number of rotatable bonds is 5. The minimum absolute atomic E-state index is 0.142. The van der Waals surface area contributed by atoms with E-state index in [0.717, 1.165) is 11.6 Å². The number of methoxy groups -OCH3 is 1. The van der Waals surface area contributed by atoms with E-state index in [0.29, 0.717) is 36.6 Å². The third-order valence-corrected chi connectivity index (χ3v) is 4.99. The molecule has 2 N–H and O–H groups in total. The van der Waals surface area contributed by atoms with Gasteiger partial charge in [-0.25, -0.2) is 8.78 Å². The molecule has 2 aliphatic heterocycles. The quantitative estimate of drug-likeness (QED) is 0.822. The van der Waals surface area contributed by atoms with Crippen LogP contribution in [-0.2, 0) is 11.3 Å². The molecule has 2 atom stereocenters. The predicted molar refractivity (Wildman–Crippen MR) is 96.2 cm³/mol. The highest BCUT2D eigenvalue weighted by molar-refractivity contribution is 5.77. The molecule has 0 saturated carbocycles. The molecule has 1 fully saturated rings. The normalized spacial score (nSPS) is 20.8. The van der Waals surface area contributed by atoms with E-state index in [2.05, 4.69) is 10.6 Å². The molecular formula is C20H20F2N2O4. The maximum Gasteiger partial charge on any atom is 0.231 e. The number of hydrogen-bond donors (Lipinski definition) is 2. The minimum Gasteiger partial charge on any atom is -0.493 e. The van der Waals surface area contributed by atoms with Gasteiger partial charge in [0.05, 0.1) is 13.2 Å². The van der Waals surface area contributed by atoms with Crippen molar-refractivity contribution >= 4 is 5.91 Å². The first-order valence-corrected chi connectivity index (χ1v) is 8.99. The van der Waals surface area contributed by atoms with Crippen LogP contribution in [0.25, 0.3) is 0 Å². The molecule has 0 aromatic heterocycles. The molecule has 148 valence electrons. The fourth-order valence-corrected chi connectivity index (χ4v) is 3.60. The number of amides is 1. The van der Waals surface area contributed by atoms with E-state index >= 15 is 0 Å². The number of piperidine rings is 1. The molecule has 0 radical (unpaired) electrons. The highest BCUT2D eigenvalue weighted by atomic mass is 19.1. The van der Waals surface area contributed by atoms with Gasteiger partial charge in [-0.15, -0.1) is 0 Å². The van der Waals surface area contributed by atoms with Gasteiger partial charge in [0, 0.05) is 30.6 Å². The Bertz CT molecular complexity index is 906. The van der Waals surface area contributed by atoms with Crippen LogP contribution in [0.1, 0.15) is 30.0 Å². The molecule has 6 nitrogen and oxygen atoms in total. The monoisotopic (exact) mass is 390 g/mol. The molecule has 1 saturated heterocycles. The molecule has 2 heterocycles. The smallest absolute Gasteiger partial charge is 0.231 e. The van der Waals surface area contributed by atoms with Crippen molar-refractivity contribution in [3.63, 3.8) is 0 Å². The number of benzene rings is 2. The van der Waals surface area contributed by atoms with Gasteiger partial charge in [-0.1, -0.05) is 6.07 Å². The summed E-state index contributed by atoms with van der Waals surface area (Å²) in [5.41, 5.74) is 1.16. The van der Waals surface area contributed by atoms with E-state index < -0.39 is 17.7 Å². The minimum atomic E-state index is -0.677. The van der Waals surface area contributed by atoms with Crippen molar-refractivity contribution < 1.29 is 27.8 Å². The van der Waals surface area contributed by atoms with E-state index in [1.165, 1.54) is 12.1 Å². The predicted octanol–water partition coefficient (Wildman–Crippen LogP) is 2.81. The third kappa shape index (κ3) is 3.60. The number of nitrogens with one attached hydrogen (secondary N) is 2. The largest absolute Gasteiger partial charge is 0.493 e. The Morgan fingerprint density at radius 1 is 1.25 bits per heavy atom. The zero-order valence-electron chi connectivity index (χ0n) is 15.3. The van der Waals surface area contributed by atoms with Gasteiger partial charge in [0.25, 0.3) is 0 Å². The molecular weight excluding hydrogens is 370 g/mol. The van der Waals surface area contributed by atoms with E-state index in [4.69, 9.17) is 14.2 Å². The van der Waals surface area contributed by atoms with Gasteiger partial charge in [0.15, 0.2) is 11.5 Å². The first-order valence-electron chi connectivity index (χ1n) is 8.99. The molecule has 0 aliphatic carbocycles. The van der Waals surface area contributed by atoms with Crippen LogP contribution in [0.3, 0.4) is 0 Å². The van der Waals surface area contributed by atoms with E-state index in [-0.39, 0.29) is 24.3 Å². The van der Waals surface area contributed by atoms with E-state index in [9.17, 15) is 13.6 Å². The maximum atomic E-state index is 14.3. The first kappa shape index (κ1) is 18.5. The van der Waals surface area contributed by atoms with Gasteiger partial charge in [0.2, 0.25) is 18.4 Å². The molecule has 2 aliphatic rings. The van der Waals surface area contributed by atoms with Crippen LogP contribution >= 0.6 is 0 Å². The Kier molecular flexibility index (Phi) is 5.04. The summed E-state index contributed by atoms with van der Waals surface area (Å²) in [6.07, 6.45) is 0.871. The maximum absolute atomic E-state index is 14.3. The Hall–Kier alpha value is -2.87. The van der Waals surface area contributed by atoms with Crippen molar-refractivity contribution in [1.82, 2.24) is 10.6 Å². The average molecular weight is 390 g/mol. The van der Waals surface area contributed by atoms with Crippen molar-refractivity contribution in [1.29, 1.82) is 0 Å². The van der Waals surface area contributed by atoms with E-state index in [1.54, 1.807) is 7.11 Å². The van der Waals surface area contributed by atoms with E-state index in [1.807, 2.05) is 12.1 Å². The molecule has 0 unspecified atom stereocenters. The van der Waals surface area contributed by atoms with Crippen LogP contribution < -0.4 is 24.8 Å². The number of carbonyl (C=O) groups is 1. The lowest BCUT2D eigenvalue weighted by molar-refractivity contribution is -0.123. The lowest BCUT2D eigenvalue weighted by Gasteiger charge is -2.33. The fourth-order valence-electron chi connectivity index (χ4n) is 3.60. The van der Waals surface area contributed by atoms with Crippen LogP contribution in [-0.4, -0.2) is 25.9 Å². The van der Waals surface area contributed by atoms with Gasteiger partial charge < -0.3 is 24.8 Å². The van der Waals surface area contributed by atoms with Crippen molar-refractivity contribution in [3.8, 4) is 17.2 Å². The highest BCUT2D eigenvalue weighted by Gasteiger charge is 2.31. The Morgan fingerprint density at radius 2 is 2.11 bits per heavy atom. The summed E-state index contributed by atoms with van der Waals surface area (Å²) in [6, 6.07) is 6.29. The Balaban J connectivity index is 1.53. The molecule has 2 aromatic carbocycles. The van der Waals surface area contributed by atoms with Gasteiger partial charge in [-0.2, -0.15) is 0 Å². The van der Waals surface area contributed by atoms with Crippen LogP contribution in [0.4, 0.5) is 8.78 Å². The molecule has 0 bridgehead atoms. The SMILES string of the molecule is COc1cc(CN[C@@H]2CCC(=O)N[C@H]2c2ccc(F)cc2F)cc2c1OCO2. The van der Waals surface area contributed by atoms with Crippen LogP contribution in [0.5, 0.6) is 17.2 Å². The summed E-state index contributed by atoms with van der Waals surface area (Å²) in [7, 11) is 1.55.